The highest BCUT2D eigenvalue weighted by molar-refractivity contribution is 6.00. The normalized spacial score (nSPS) is 18.1. The number of ether oxygens (including phenoxy) is 1. The van der Waals surface area contributed by atoms with Gasteiger partial charge in [-0.25, -0.2) is 14.8 Å². The van der Waals surface area contributed by atoms with E-state index in [2.05, 4.69) is 25.4 Å². The molecule has 0 saturated carbocycles. The van der Waals surface area contributed by atoms with Gasteiger partial charge in [-0.05, 0) is 93.4 Å². The molecule has 228 valence electrons. The van der Waals surface area contributed by atoms with Crippen LogP contribution in [0.15, 0.2) is 60.8 Å². The van der Waals surface area contributed by atoms with E-state index in [0.717, 1.165) is 61.4 Å². The summed E-state index contributed by atoms with van der Waals surface area (Å²) < 4.78 is 5.51. The highest BCUT2D eigenvalue weighted by Gasteiger charge is 2.28. The molecule has 44 heavy (non-hydrogen) atoms. The predicted octanol–water partition coefficient (Wildman–Crippen LogP) is 4.81. The van der Waals surface area contributed by atoms with Gasteiger partial charge in [-0.3, -0.25) is 4.79 Å². The van der Waals surface area contributed by atoms with Gasteiger partial charge in [0.05, 0.1) is 18.7 Å². The van der Waals surface area contributed by atoms with Gasteiger partial charge in [0.1, 0.15) is 5.52 Å². The number of nitrogens with one attached hydrogen (secondary N) is 3. The van der Waals surface area contributed by atoms with Crippen molar-refractivity contribution in [3.63, 3.8) is 0 Å². The van der Waals surface area contributed by atoms with E-state index in [9.17, 15) is 9.59 Å². The van der Waals surface area contributed by atoms with Crippen LogP contribution in [-0.2, 0) is 4.74 Å². The molecule has 2 aromatic carbocycles. The first-order valence-electron chi connectivity index (χ1n) is 15.6. The number of amides is 3. The fourth-order valence-corrected chi connectivity index (χ4v) is 6.48. The van der Waals surface area contributed by atoms with E-state index < -0.39 is 0 Å². The number of hydrogen-bond acceptors (Lipinski definition) is 7. The summed E-state index contributed by atoms with van der Waals surface area (Å²) in [5.41, 5.74) is 4.53. The van der Waals surface area contributed by atoms with Gasteiger partial charge in [-0.2, -0.15) is 0 Å². The quantitative estimate of drug-likeness (QED) is 0.293. The number of fused-ring (bicyclic) bond motifs is 1. The number of H-pyrrole nitrogens is 1. The van der Waals surface area contributed by atoms with Gasteiger partial charge in [0, 0.05) is 60.9 Å². The van der Waals surface area contributed by atoms with Gasteiger partial charge in [-0.1, -0.05) is 0 Å². The zero-order valence-electron chi connectivity index (χ0n) is 24.8. The Morgan fingerprint density at radius 3 is 2.14 bits per heavy atom. The van der Waals surface area contributed by atoms with Crippen LogP contribution in [0.1, 0.15) is 36.0 Å². The Labute approximate surface area is 256 Å². The van der Waals surface area contributed by atoms with Crippen molar-refractivity contribution in [1.29, 1.82) is 0 Å². The molecule has 0 unspecified atom stereocenters. The Kier molecular flexibility index (Phi) is 8.12. The topological polar surface area (TPSA) is 119 Å². The van der Waals surface area contributed by atoms with Crippen LogP contribution in [0.25, 0.3) is 22.4 Å². The van der Waals surface area contributed by atoms with Crippen molar-refractivity contribution in [2.45, 2.75) is 31.7 Å². The Bertz CT molecular complexity index is 1600. The van der Waals surface area contributed by atoms with Crippen molar-refractivity contribution in [2.75, 3.05) is 68.0 Å². The molecule has 3 aliphatic rings. The number of urea groups is 1. The third kappa shape index (κ3) is 6.11. The second-order valence-corrected chi connectivity index (χ2v) is 11.7. The van der Waals surface area contributed by atoms with Crippen molar-refractivity contribution < 1.29 is 14.3 Å². The molecule has 11 heteroatoms. The summed E-state index contributed by atoms with van der Waals surface area (Å²) in [5.74, 6) is 1.55. The zero-order chi connectivity index (χ0) is 29.9. The number of hydrogen-bond donors (Lipinski definition) is 3. The highest BCUT2D eigenvalue weighted by Crippen LogP contribution is 2.28. The molecule has 3 N–H and O–H groups in total. The van der Waals surface area contributed by atoms with Crippen LogP contribution >= 0.6 is 0 Å². The number of morpholine rings is 1. The standard InChI is InChI=1S/C33H38N8O3/c42-32(41-17-12-27(13-18-41)39-15-1-2-16-39)24-5-9-26(10-6-24)36-33(43)35-25-7-3-23(4-8-25)30-37-28-11-14-34-29(28)31(38-30)40-19-21-44-22-20-40/h3-11,14,27,34H,1-2,12-13,15-22H2,(H2,35,36,43). The monoisotopic (exact) mass is 594 g/mol. The minimum atomic E-state index is -0.361. The lowest BCUT2D eigenvalue weighted by Gasteiger charge is -2.36. The Morgan fingerprint density at radius 1 is 0.795 bits per heavy atom. The molecule has 4 aromatic rings. The second-order valence-electron chi connectivity index (χ2n) is 11.7. The first-order valence-corrected chi connectivity index (χ1v) is 15.6. The van der Waals surface area contributed by atoms with Crippen molar-refractivity contribution in [3.8, 4) is 11.4 Å². The summed E-state index contributed by atoms with van der Waals surface area (Å²) >= 11 is 0. The summed E-state index contributed by atoms with van der Waals surface area (Å²) in [6, 6.07) is 16.8. The molecule has 0 aliphatic carbocycles. The smallest absolute Gasteiger partial charge is 0.323 e. The summed E-state index contributed by atoms with van der Waals surface area (Å²) in [6.07, 6.45) is 6.54. The fraction of sp³-hybridized carbons (Fsp3) is 0.394. The van der Waals surface area contributed by atoms with Gasteiger partial charge in [-0.15, -0.1) is 0 Å². The number of aromatic amines is 1. The molecule has 7 rings (SSSR count). The number of aromatic nitrogens is 3. The number of piperidine rings is 1. The first kappa shape index (κ1) is 28.3. The molecule has 3 aliphatic heterocycles. The Balaban J connectivity index is 0.945. The van der Waals surface area contributed by atoms with Crippen molar-refractivity contribution in [1.82, 2.24) is 24.8 Å². The van der Waals surface area contributed by atoms with E-state index in [4.69, 9.17) is 14.7 Å². The fourth-order valence-electron chi connectivity index (χ4n) is 6.48. The largest absolute Gasteiger partial charge is 0.378 e. The molecule has 0 atom stereocenters. The minimum Gasteiger partial charge on any atom is -0.378 e. The number of nitrogens with zero attached hydrogens (tertiary/aromatic N) is 5. The lowest BCUT2D eigenvalue weighted by atomic mass is 10.0. The van der Waals surface area contributed by atoms with Crippen LogP contribution in [0, 0.1) is 0 Å². The maximum atomic E-state index is 13.1. The number of carbonyl (C=O) groups is 2. The number of rotatable bonds is 6. The molecule has 0 radical (unpaired) electrons. The van der Waals surface area contributed by atoms with E-state index in [1.54, 1.807) is 24.3 Å². The van der Waals surface area contributed by atoms with Crippen molar-refractivity contribution >= 4 is 40.2 Å². The van der Waals surface area contributed by atoms with E-state index in [0.29, 0.717) is 42.0 Å². The summed E-state index contributed by atoms with van der Waals surface area (Å²) in [6.45, 7) is 6.88. The number of carbonyl (C=O) groups excluding carboxylic acids is 2. The van der Waals surface area contributed by atoms with Crippen molar-refractivity contribution in [2.24, 2.45) is 0 Å². The highest BCUT2D eigenvalue weighted by atomic mass is 16.5. The summed E-state index contributed by atoms with van der Waals surface area (Å²) in [4.78, 5) is 45.5. The van der Waals surface area contributed by atoms with Gasteiger partial charge in [0.15, 0.2) is 11.6 Å². The average molecular weight is 595 g/mol. The van der Waals surface area contributed by atoms with Crippen LogP contribution < -0.4 is 15.5 Å². The van der Waals surface area contributed by atoms with Crippen LogP contribution in [0.3, 0.4) is 0 Å². The zero-order valence-corrected chi connectivity index (χ0v) is 24.8. The summed E-state index contributed by atoms with van der Waals surface area (Å²) in [5, 5.41) is 5.73. The molecule has 11 nitrogen and oxygen atoms in total. The molecule has 0 bridgehead atoms. The number of anilines is 3. The van der Waals surface area contributed by atoms with Crippen molar-refractivity contribution in [3.05, 3.63) is 66.4 Å². The third-order valence-electron chi connectivity index (χ3n) is 8.90. The van der Waals surface area contributed by atoms with Gasteiger partial charge in [0.25, 0.3) is 5.91 Å². The first-order chi connectivity index (χ1) is 21.6. The molecular weight excluding hydrogens is 556 g/mol. The van der Waals surface area contributed by atoms with E-state index in [-0.39, 0.29) is 11.9 Å². The maximum Gasteiger partial charge on any atom is 0.323 e. The number of likely N-dealkylation sites (tertiary alicyclic amines) is 2. The van der Waals surface area contributed by atoms with Gasteiger partial charge < -0.3 is 35.1 Å². The molecular formula is C33H38N8O3. The SMILES string of the molecule is O=C(Nc1ccc(C(=O)N2CCC(N3CCCC3)CC2)cc1)Nc1ccc(-c2nc(N3CCOCC3)c3[nH]ccc3n2)cc1. The third-order valence-corrected chi connectivity index (χ3v) is 8.90. The van der Waals surface area contributed by atoms with E-state index >= 15 is 0 Å². The number of benzene rings is 2. The molecule has 0 spiro atoms. The van der Waals surface area contributed by atoms with Crippen LogP contribution in [0.4, 0.5) is 22.0 Å². The molecule has 3 fully saturated rings. The molecule has 2 aromatic heterocycles. The van der Waals surface area contributed by atoms with E-state index in [1.165, 1.54) is 25.9 Å². The molecule has 5 heterocycles. The Morgan fingerprint density at radius 2 is 1.45 bits per heavy atom. The predicted molar refractivity (Wildman–Crippen MR) is 171 cm³/mol. The molecule has 3 saturated heterocycles. The maximum absolute atomic E-state index is 13.1. The summed E-state index contributed by atoms with van der Waals surface area (Å²) in [7, 11) is 0. The van der Waals surface area contributed by atoms with Gasteiger partial charge >= 0.3 is 6.03 Å². The minimum absolute atomic E-state index is 0.0534. The van der Waals surface area contributed by atoms with E-state index in [1.807, 2.05) is 41.4 Å². The second kappa shape index (κ2) is 12.6. The lowest BCUT2D eigenvalue weighted by Crippen LogP contribution is -2.45. The Hall–Kier alpha value is -4.48. The van der Waals surface area contributed by atoms with Crippen LogP contribution in [0.2, 0.25) is 0 Å². The van der Waals surface area contributed by atoms with Crippen LogP contribution in [-0.4, -0.2) is 95.2 Å². The lowest BCUT2D eigenvalue weighted by molar-refractivity contribution is 0.0644. The average Bonchev–Trinajstić information content (AvgIpc) is 3.78. The van der Waals surface area contributed by atoms with Gasteiger partial charge in [0.2, 0.25) is 0 Å². The molecule has 3 amide bonds. The van der Waals surface area contributed by atoms with Crippen LogP contribution in [0.5, 0.6) is 0 Å².